The van der Waals surface area contributed by atoms with E-state index in [0.717, 1.165) is 19.3 Å². The second-order valence-electron chi connectivity index (χ2n) is 8.46. The van der Waals surface area contributed by atoms with Crippen molar-refractivity contribution in [2.45, 2.75) is 31.2 Å². The van der Waals surface area contributed by atoms with Crippen LogP contribution in [0.5, 0.6) is 5.75 Å². The summed E-state index contributed by atoms with van der Waals surface area (Å²) in [6.45, 7) is 1.87. The number of benzene rings is 3. The van der Waals surface area contributed by atoms with Gasteiger partial charge in [0.15, 0.2) is 6.29 Å². The van der Waals surface area contributed by atoms with Crippen molar-refractivity contribution in [2.75, 3.05) is 25.1 Å². The molecule has 3 N–H and O–H groups in total. The van der Waals surface area contributed by atoms with E-state index < -0.39 is 11.6 Å². The van der Waals surface area contributed by atoms with E-state index in [1.54, 1.807) is 66.7 Å². The van der Waals surface area contributed by atoms with Crippen LogP contribution in [0.25, 0.3) is 0 Å². The molecule has 1 fully saturated rings. The summed E-state index contributed by atoms with van der Waals surface area (Å²) in [5.74, 6) is -1.11. The lowest BCUT2D eigenvalue weighted by Crippen LogP contribution is -2.36. The molecule has 1 unspecified atom stereocenters. The highest BCUT2D eigenvalue weighted by Gasteiger charge is 2.40. The Hall–Kier alpha value is -3.72. The van der Waals surface area contributed by atoms with E-state index in [9.17, 15) is 19.8 Å². The molecule has 0 aromatic heterocycles. The summed E-state index contributed by atoms with van der Waals surface area (Å²) in [4.78, 5) is 24.8. The Labute approximate surface area is 209 Å². The number of unbranched alkanes of at least 4 members (excludes halogenated alkanes) is 1. The van der Waals surface area contributed by atoms with Crippen LogP contribution in [-0.2, 0) is 19.9 Å². The quantitative estimate of drug-likeness (QED) is 0.345. The fourth-order valence-corrected chi connectivity index (χ4v) is 4.00. The molecule has 0 spiro atoms. The van der Waals surface area contributed by atoms with E-state index in [0.29, 0.717) is 36.8 Å². The van der Waals surface area contributed by atoms with E-state index >= 15 is 0 Å². The molecular weight excluding hydrogens is 462 g/mol. The fraction of sp³-hybridized carbons (Fsp3) is 0.286. The average Bonchev–Trinajstić information content (AvgIpc) is 3.42. The van der Waals surface area contributed by atoms with Crippen molar-refractivity contribution >= 4 is 17.6 Å². The number of hydrogen-bond donors (Lipinski definition) is 3. The second kappa shape index (κ2) is 11.8. The number of rotatable bonds is 11. The topological polar surface area (TPSA) is 114 Å². The third-order valence-electron chi connectivity index (χ3n) is 5.95. The predicted molar refractivity (Wildman–Crippen MR) is 133 cm³/mol. The number of carbonyl (C=O) groups is 2. The van der Waals surface area contributed by atoms with Crippen molar-refractivity contribution in [3.8, 4) is 5.75 Å². The van der Waals surface area contributed by atoms with Crippen molar-refractivity contribution in [1.82, 2.24) is 0 Å². The molecule has 1 aliphatic heterocycles. The van der Waals surface area contributed by atoms with Crippen LogP contribution in [0.3, 0.4) is 0 Å². The van der Waals surface area contributed by atoms with Gasteiger partial charge in [-0.05, 0) is 61.2 Å². The number of hydrogen-bond acceptors (Lipinski definition) is 6. The molecule has 1 heterocycles. The van der Waals surface area contributed by atoms with Gasteiger partial charge in [0.2, 0.25) is 5.60 Å². The van der Waals surface area contributed by atoms with Crippen LogP contribution >= 0.6 is 0 Å². The van der Waals surface area contributed by atoms with Gasteiger partial charge in [0, 0.05) is 16.8 Å². The zero-order chi connectivity index (χ0) is 25.4. The molecule has 8 nitrogen and oxygen atoms in total. The molecular formula is C28H29NO7. The van der Waals surface area contributed by atoms with Crippen molar-refractivity contribution in [3.05, 3.63) is 95.6 Å². The maximum Gasteiger partial charge on any atom is 0.345 e. The minimum atomic E-state index is -2.25. The molecule has 1 saturated heterocycles. The zero-order valence-corrected chi connectivity index (χ0v) is 19.8. The number of carboxylic acid groups (broad SMARTS) is 1. The van der Waals surface area contributed by atoms with E-state index in [4.69, 9.17) is 14.2 Å². The maximum atomic E-state index is 12.8. The van der Waals surface area contributed by atoms with E-state index in [-0.39, 0.29) is 23.3 Å². The maximum absolute atomic E-state index is 12.8. The van der Waals surface area contributed by atoms with Gasteiger partial charge in [-0.1, -0.05) is 42.5 Å². The van der Waals surface area contributed by atoms with Gasteiger partial charge in [0.1, 0.15) is 5.75 Å². The second-order valence-corrected chi connectivity index (χ2v) is 8.46. The Morgan fingerprint density at radius 2 is 1.61 bits per heavy atom. The smallest absolute Gasteiger partial charge is 0.345 e. The molecule has 1 atom stereocenters. The number of nitrogens with one attached hydrogen (secondary N) is 1. The summed E-state index contributed by atoms with van der Waals surface area (Å²) in [6.07, 6.45) is 2.55. The first-order chi connectivity index (χ1) is 17.5. The molecule has 188 valence electrons. The van der Waals surface area contributed by atoms with Gasteiger partial charge in [-0.15, -0.1) is 0 Å². The van der Waals surface area contributed by atoms with Crippen LogP contribution in [0.4, 0.5) is 5.69 Å². The van der Waals surface area contributed by atoms with Gasteiger partial charge in [0.25, 0.3) is 5.91 Å². The summed E-state index contributed by atoms with van der Waals surface area (Å²) in [6, 6.07) is 21.1. The number of ether oxygens (including phenoxy) is 3. The van der Waals surface area contributed by atoms with Gasteiger partial charge < -0.3 is 29.7 Å². The first-order valence-corrected chi connectivity index (χ1v) is 11.9. The number of amides is 1. The normalized spacial score (nSPS) is 15.2. The van der Waals surface area contributed by atoms with Crippen molar-refractivity contribution < 1.29 is 34.0 Å². The van der Waals surface area contributed by atoms with Crippen LogP contribution in [0.15, 0.2) is 78.9 Å². The largest absolute Gasteiger partial charge is 0.494 e. The van der Waals surface area contributed by atoms with Crippen molar-refractivity contribution in [3.63, 3.8) is 0 Å². The molecule has 0 saturated carbocycles. The number of anilines is 1. The summed E-state index contributed by atoms with van der Waals surface area (Å²) < 4.78 is 16.6. The summed E-state index contributed by atoms with van der Waals surface area (Å²) in [5, 5.41) is 23.6. The number of aliphatic hydroxyl groups is 1. The van der Waals surface area contributed by atoms with Gasteiger partial charge in [-0.3, -0.25) is 4.79 Å². The monoisotopic (exact) mass is 491 g/mol. The van der Waals surface area contributed by atoms with Gasteiger partial charge in [0.05, 0.1) is 19.8 Å². The SMILES string of the molecule is O=C(Nc1cccc(C(O)(C(=O)O)c2ccccc2)c1)c1ccc(OCCCCC2OCCO2)cc1. The Balaban J connectivity index is 1.34. The highest BCUT2D eigenvalue weighted by atomic mass is 16.7. The number of aliphatic carboxylic acids is 1. The highest BCUT2D eigenvalue weighted by Crippen LogP contribution is 2.31. The summed E-state index contributed by atoms with van der Waals surface area (Å²) in [5.41, 5.74) is -1.12. The van der Waals surface area contributed by atoms with Crippen LogP contribution in [0, 0.1) is 0 Å². The zero-order valence-electron chi connectivity index (χ0n) is 19.8. The van der Waals surface area contributed by atoms with Gasteiger partial charge in [-0.25, -0.2) is 4.79 Å². The molecule has 8 heteroatoms. The summed E-state index contributed by atoms with van der Waals surface area (Å²) >= 11 is 0. The third kappa shape index (κ3) is 6.09. The fourth-order valence-electron chi connectivity index (χ4n) is 4.00. The lowest BCUT2D eigenvalue weighted by molar-refractivity contribution is -0.155. The number of carboxylic acids is 1. The molecule has 0 aliphatic carbocycles. The first kappa shape index (κ1) is 25.4. The molecule has 4 rings (SSSR count). The van der Waals surface area contributed by atoms with Crippen LogP contribution in [-0.4, -0.2) is 48.2 Å². The Morgan fingerprint density at radius 1 is 0.917 bits per heavy atom. The van der Waals surface area contributed by atoms with E-state index in [2.05, 4.69) is 5.32 Å². The van der Waals surface area contributed by atoms with E-state index in [1.807, 2.05) is 0 Å². The lowest BCUT2D eigenvalue weighted by Gasteiger charge is -2.25. The van der Waals surface area contributed by atoms with Crippen LogP contribution in [0.1, 0.15) is 40.7 Å². The molecule has 1 amide bonds. The lowest BCUT2D eigenvalue weighted by atomic mass is 9.86. The van der Waals surface area contributed by atoms with Crippen molar-refractivity contribution in [2.24, 2.45) is 0 Å². The molecule has 0 bridgehead atoms. The Bertz CT molecular complexity index is 1160. The minimum absolute atomic E-state index is 0.0975. The highest BCUT2D eigenvalue weighted by molar-refractivity contribution is 6.04. The third-order valence-corrected chi connectivity index (χ3v) is 5.95. The molecule has 1 aliphatic rings. The number of carbonyl (C=O) groups excluding carboxylic acids is 1. The Morgan fingerprint density at radius 3 is 2.31 bits per heavy atom. The summed E-state index contributed by atoms with van der Waals surface area (Å²) in [7, 11) is 0. The van der Waals surface area contributed by atoms with Crippen molar-refractivity contribution in [1.29, 1.82) is 0 Å². The average molecular weight is 492 g/mol. The molecule has 3 aromatic carbocycles. The Kier molecular flexibility index (Phi) is 8.32. The molecule has 36 heavy (non-hydrogen) atoms. The minimum Gasteiger partial charge on any atom is -0.494 e. The van der Waals surface area contributed by atoms with Crippen LogP contribution < -0.4 is 10.1 Å². The van der Waals surface area contributed by atoms with Gasteiger partial charge in [-0.2, -0.15) is 0 Å². The standard InChI is InChI=1S/C28H29NO7/c30-26(20-12-14-24(15-13-20)34-16-5-4-11-25-35-17-18-36-25)29-23-10-6-9-22(19-23)28(33,27(31)32)21-7-2-1-3-8-21/h1-3,6-10,12-15,19,25,33H,4-5,11,16-18H2,(H,29,30)(H,31,32). The first-order valence-electron chi connectivity index (χ1n) is 11.9. The molecule has 3 aromatic rings. The van der Waals surface area contributed by atoms with E-state index in [1.165, 1.54) is 12.1 Å². The predicted octanol–water partition coefficient (Wildman–Crippen LogP) is 4.18. The molecule has 0 radical (unpaired) electrons. The van der Waals surface area contributed by atoms with Gasteiger partial charge >= 0.3 is 5.97 Å². The van der Waals surface area contributed by atoms with Crippen LogP contribution in [0.2, 0.25) is 0 Å².